The predicted octanol–water partition coefficient (Wildman–Crippen LogP) is 2.48. The van der Waals surface area contributed by atoms with Crippen molar-refractivity contribution in [2.45, 2.75) is 38.1 Å². The van der Waals surface area contributed by atoms with E-state index in [2.05, 4.69) is 16.9 Å². The fourth-order valence-corrected chi connectivity index (χ4v) is 2.68. The van der Waals surface area contributed by atoms with Crippen molar-refractivity contribution in [3.8, 4) is 0 Å². The van der Waals surface area contributed by atoms with Crippen molar-refractivity contribution in [3.63, 3.8) is 0 Å². The lowest BCUT2D eigenvalue weighted by Gasteiger charge is -2.37. The summed E-state index contributed by atoms with van der Waals surface area (Å²) in [6.07, 6.45) is 7.62. The number of rotatable bonds is 4. The molecule has 1 aliphatic rings. The zero-order chi connectivity index (χ0) is 13.7. The second-order valence-electron chi connectivity index (χ2n) is 5.28. The molecule has 0 radical (unpaired) electrons. The highest BCUT2D eigenvalue weighted by Gasteiger charge is 2.40. The van der Waals surface area contributed by atoms with E-state index in [0.29, 0.717) is 12.2 Å². The molecule has 19 heavy (non-hydrogen) atoms. The molecular weight excluding hydrogens is 238 g/mol. The van der Waals surface area contributed by atoms with E-state index in [1.807, 2.05) is 18.2 Å². The third-order valence-electron chi connectivity index (χ3n) is 3.91. The Kier molecular flexibility index (Phi) is 4.32. The zero-order valence-corrected chi connectivity index (χ0v) is 11.1. The first-order valence-corrected chi connectivity index (χ1v) is 6.75. The molecule has 0 aliphatic heterocycles. The summed E-state index contributed by atoms with van der Waals surface area (Å²) < 4.78 is 0. The lowest BCUT2D eigenvalue weighted by Crippen LogP contribution is -2.42. The number of anilines is 1. The molecule has 2 rings (SSSR count). The first-order valence-electron chi connectivity index (χ1n) is 6.75. The van der Waals surface area contributed by atoms with Gasteiger partial charge in [0.15, 0.2) is 0 Å². The Hall–Kier alpha value is -1.68. The molecule has 1 aliphatic carbocycles. The average Bonchev–Trinajstić information content (AvgIpc) is 2.43. The normalized spacial score (nSPS) is 26.7. The van der Waals surface area contributed by atoms with Gasteiger partial charge in [-0.3, -0.25) is 4.79 Å². The van der Waals surface area contributed by atoms with Gasteiger partial charge in [0.2, 0.25) is 5.91 Å². The van der Waals surface area contributed by atoms with Gasteiger partial charge in [-0.25, -0.2) is 4.98 Å². The van der Waals surface area contributed by atoms with Crippen molar-refractivity contribution in [1.82, 2.24) is 4.98 Å². The van der Waals surface area contributed by atoms with Gasteiger partial charge in [0.1, 0.15) is 5.82 Å². The van der Waals surface area contributed by atoms with Crippen LogP contribution in [0.25, 0.3) is 0 Å². The standard InChI is InChI=1S/C15H21N3O/c1-2-8-15(9-6-12(16)7-10-15)14(19)18-13-5-3-4-11-17-13/h2-5,11-12H,1,6-10,16H2,(H,17,18,19). The Labute approximate surface area is 114 Å². The number of carbonyl (C=O) groups excluding carboxylic acids is 1. The number of hydrogen-bond acceptors (Lipinski definition) is 3. The lowest BCUT2D eigenvalue weighted by atomic mass is 9.70. The summed E-state index contributed by atoms with van der Waals surface area (Å²) in [5, 5.41) is 2.91. The maximum atomic E-state index is 12.5. The van der Waals surface area contributed by atoms with E-state index < -0.39 is 0 Å². The van der Waals surface area contributed by atoms with Crippen LogP contribution in [-0.2, 0) is 4.79 Å². The molecule has 1 aromatic heterocycles. The Bertz CT molecular complexity index is 436. The summed E-state index contributed by atoms with van der Waals surface area (Å²) in [6.45, 7) is 3.78. The monoisotopic (exact) mass is 259 g/mol. The van der Waals surface area contributed by atoms with Crippen molar-refractivity contribution in [2.75, 3.05) is 5.32 Å². The van der Waals surface area contributed by atoms with Gasteiger partial charge >= 0.3 is 0 Å². The summed E-state index contributed by atoms with van der Waals surface area (Å²) >= 11 is 0. The van der Waals surface area contributed by atoms with Crippen molar-refractivity contribution >= 4 is 11.7 Å². The molecule has 4 heteroatoms. The number of amides is 1. The Morgan fingerprint density at radius 3 is 2.84 bits per heavy atom. The van der Waals surface area contributed by atoms with E-state index in [9.17, 15) is 4.79 Å². The molecular formula is C15H21N3O. The van der Waals surface area contributed by atoms with Gasteiger partial charge < -0.3 is 11.1 Å². The maximum Gasteiger partial charge on any atom is 0.232 e. The van der Waals surface area contributed by atoms with E-state index in [4.69, 9.17) is 5.73 Å². The second kappa shape index (κ2) is 5.97. The molecule has 0 atom stereocenters. The van der Waals surface area contributed by atoms with Crippen LogP contribution in [0.4, 0.5) is 5.82 Å². The number of pyridine rings is 1. The number of hydrogen-bond donors (Lipinski definition) is 2. The first-order chi connectivity index (χ1) is 9.16. The van der Waals surface area contributed by atoms with E-state index in [1.54, 1.807) is 12.3 Å². The molecule has 1 amide bonds. The molecule has 1 fully saturated rings. The van der Waals surface area contributed by atoms with Crippen LogP contribution in [0.3, 0.4) is 0 Å². The van der Waals surface area contributed by atoms with E-state index in [0.717, 1.165) is 25.7 Å². The highest BCUT2D eigenvalue weighted by Crippen LogP contribution is 2.40. The van der Waals surface area contributed by atoms with E-state index >= 15 is 0 Å². The number of allylic oxidation sites excluding steroid dienone is 1. The molecule has 1 heterocycles. The minimum Gasteiger partial charge on any atom is -0.328 e. The topological polar surface area (TPSA) is 68.0 Å². The minimum atomic E-state index is -0.366. The Morgan fingerprint density at radius 1 is 1.53 bits per heavy atom. The van der Waals surface area contributed by atoms with Gasteiger partial charge in [0.25, 0.3) is 0 Å². The van der Waals surface area contributed by atoms with Gasteiger partial charge in [0.05, 0.1) is 5.41 Å². The van der Waals surface area contributed by atoms with Crippen LogP contribution in [0.1, 0.15) is 32.1 Å². The summed E-state index contributed by atoms with van der Waals surface area (Å²) in [5.41, 5.74) is 5.57. The number of nitrogens with two attached hydrogens (primary N) is 1. The van der Waals surface area contributed by atoms with Gasteiger partial charge in [0, 0.05) is 12.2 Å². The summed E-state index contributed by atoms with van der Waals surface area (Å²) in [7, 11) is 0. The smallest absolute Gasteiger partial charge is 0.232 e. The average molecular weight is 259 g/mol. The molecule has 102 valence electrons. The highest BCUT2D eigenvalue weighted by molar-refractivity contribution is 5.94. The number of nitrogens with zero attached hydrogens (tertiary/aromatic N) is 1. The third-order valence-corrected chi connectivity index (χ3v) is 3.91. The summed E-state index contributed by atoms with van der Waals surface area (Å²) in [5.74, 6) is 0.642. The van der Waals surface area contributed by atoms with Crippen molar-refractivity contribution < 1.29 is 4.79 Å². The lowest BCUT2D eigenvalue weighted by molar-refractivity contribution is -0.127. The van der Waals surface area contributed by atoms with Crippen LogP contribution in [0.5, 0.6) is 0 Å². The van der Waals surface area contributed by atoms with Crippen LogP contribution in [-0.4, -0.2) is 16.9 Å². The largest absolute Gasteiger partial charge is 0.328 e. The van der Waals surface area contributed by atoms with Gasteiger partial charge in [-0.1, -0.05) is 12.1 Å². The Balaban J connectivity index is 2.10. The fraction of sp³-hybridized carbons (Fsp3) is 0.467. The third kappa shape index (κ3) is 3.20. The maximum absolute atomic E-state index is 12.5. The zero-order valence-electron chi connectivity index (χ0n) is 11.1. The second-order valence-corrected chi connectivity index (χ2v) is 5.28. The number of nitrogens with one attached hydrogen (secondary N) is 1. The number of aromatic nitrogens is 1. The van der Waals surface area contributed by atoms with Crippen molar-refractivity contribution in [1.29, 1.82) is 0 Å². The first kappa shape index (κ1) is 13.7. The molecule has 0 saturated heterocycles. The SMILES string of the molecule is C=CCC1(C(=O)Nc2ccccn2)CCC(N)CC1. The van der Waals surface area contributed by atoms with Crippen LogP contribution in [0.2, 0.25) is 0 Å². The molecule has 0 spiro atoms. The van der Waals surface area contributed by atoms with Gasteiger partial charge in [-0.05, 0) is 44.2 Å². The van der Waals surface area contributed by atoms with Crippen LogP contribution < -0.4 is 11.1 Å². The molecule has 0 aromatic carbocycles. The minimum absolute atomic E-state index is 0.0398. The predicted molar refractivity (Wildman–Crippen MR) is 76.6 cm³/mol. The van der Waals surface area contributed by atoms with E-state index in [1.165, 1.54) is 0 Å². The summed E-state index contributed by atoms with van der Waals surface area (Å²) in [6, 6.07) is 5.71. The summed E-state index contributed by atoms with van der Waals surface area (Å²) in [4.78, 5) is 16.7. The molecule has 4 nitrogen and oxygen atoms in total. The van der Waals surface area contributed by atoms with Gasteiger partial charge in [-0.15, -0.1) is 6.58 Å². The Morgan fingerprint density at radius 2 is 2.26 bits per heavy atom. The molecule has 1 aromatic rings. The van der Waals surface area contributed by atoms with Crippen LogP contribution in [0, 0.1) is 5.41 Å². The van der Waals surface area contributed by atoms with Crippen molar-refractivity contribution in [3.05, 3.63) is 37.1 Å². The van der Waals surface area contributed by atoms with E-state index in [-0.39, 0.29) is 17.4 Å². The van der Waals surface area contributed by atoms with Crippen LogP contribution in [0.15, 0.2) is 37.1 Å². The van der Waals surface area contributed by atoms with Crippen molar-refractivity contribution in [2.24, 2.45) is 11.1 Å². The fourth-order valence-electron chi connectivity index (χ4n) is 2.68. The molecule has 1 saturated carbocycles. The molecule has 3 N–H and O–H groups in total. The van der Waals surface area contributed by atoms with Gasteiger partial charge in [-0.2, -0.15) is 0 Å². The quantitative estimate of drug-likeness (QED) is 0.816. The van der Waals surface area contributed by atoms with Crippen LogP contribution >= 0.6 is 0 Å². The highest BCUT2D eigenvalue weighted by atomic mass is 16.2. The molecule has 0 bridgehead atoms. The number of carbonyl (C=O) groups is 1. The molecule has 0 unspecified atom stereocenters.